The third-order valence-corrected chi connectivity index (χ3v) is 11.9. The SMILES string of the molecule is C/C1=N/OCC[C@H](C)N2C[C@H](C1)n1cc(C(=O)NCc3ccc(F)cc3F)c(=O)c(OCOC(=O)CC(C)(C)c3c(CC(=O)N4CCC[C@@H]4C(=O)O)cc(C)cc3OP(=O)(O)O)c1C2=O. The van der Waals surface area contributed by atoms with Crippen molar-refractivity contribution in [3.05, 3.63) is 91.9 Å². The van der Waals surface area contributed by atoms with E-state index >= 15 is 0 Å². The van der Waals surface area contributed by atoms with Gasteiger partial charge in [-0.1, -0.05) is 31.1 Å². The molecule has 0 radical (unpaired) electrons. The highest BCUT2D eigenvalue weighted by Gasteiger charge is 2.40. The second kappa shape index (κ2) is 19.5. The Kier molecular flexibility index (Phi) is 14.5. The molecule has 1 fully saturated rings. The number of phosphoric ester groups is 1. The van der Waals surface area contributed by atoms with Crippen molar-refractivity contribution in [1.82, 2.24) is 19.7 Å². The fourth-order valence-corrected chi connectivity index (χ4v) is 8.90. The van der Waals surface area contributed by atoms with Crippen LogP contribution in [-0.4, -0.2) is 103 Å². The van der Waals surface area contributed by atoms with Gasteiger partial charge in [-0.15, -0.1) is 0 Å². The lowest BCUT2D eigenvalue weighted by atomic mass is 9.77. The molecule has 6 rings (SSSR count). The van der Waals surface area contributed by atoms with Crippen LogP contribution >= 0.6 is 7.82 Å². The van der Waals surface area contributed by atoms with Crippen LogP contribution in [0.15, 0.2) is 46.5 Å². The van der Waals surface area contributed by atoms with E-state index in [4.69, 9.17) is 18.8 Å². The summed E-state index contributed by atoms with van der Waals surface area (Å²) in [5, 5.41) is 16.3. The van der Waals surface area contributed by atoms with Crippen LogP contribution in [0.5, 0.6) is 11.5 Å². The number of esters is 1. The number of pyridine rings is 1. The number of hydrogen-bond donors (Lipinski definition) is 4. The van der Waals surface area contributed by atoms with Gasteiger partial charge in [-0.3, -0.25) is 33.8 Å². The Morgan fingerprint density at radius 1 is 1.06 bits per heavy atom. The third-order valence-electron chi connectivity index (χ3n) is 11.5. The molecule has 4 heterocycles. The number of amides is 3. The number of carboxylic acid groups (broad SMARTS) is 1. The lowest BCUT2D eigenvalue weighted by Gasteiger charge is -2.40. The molecule has 2 aromatic carbocycles. The summed E-state index contributed by atoms with van der Waals surface area (Å²) in [6.45, 7) is 7.25. The molecule has 0 unspecified atom stereocenters. The highest BCUT2D eigenvalue weighted by molar-refractivity contribution is 7.46. The quantitative estimate of drug-likeness (QED) is 0.100. The van der Waals surface area contributed by atoms with Crippen LogP contribution in [0.2, 0.25) is 0 Å². The smallest absolute Gasteiger partial charge is 0.480 e. The van der Waals surface area contributed by atoms with Gasteiger partial charge in [0.05, 0.1) is 24.6 Å². The fourth-order valence-electron chi connectivity index (χ4n) is 8.50. The minimum atomic E-state index is -5.21. The van der Waals surface area contributed by atoms with Gasteiger partial charge in [0.15, 0.2) is 5.69 Å². The number of aromatic nitrogens is 1. The molecule has 4 N–H and O–H groups in total. The van der Waals surface area contributed by atoms with E-state index in [9.17, 15) is 57.0 Å². The van der Waals surface area contributed by atoms with Crippen molar-refractivity contribution in [3.8, 4) is 11.5 Å². The van der Waals surface area contributed by atoms with Crippen LogP contribution in [0, 0.1) is 18.6 Å². The number of carbonyl (C=O) groups excluding carboxylic acids is 4. The molecule has 3 atom stereocenters. The van der Waals surface area contributed by atoms with Crippen LogP contribution < -0.4 is 20.0 Å². The van der Waals surface area contributed by atoms with Crippen molar-refractivity contribution in [2.45, 2.75) is 103 Å². The van der Waals surface area contributed by atoms with E-state index in [2.05, 4.69) is 10.5 Å². The minimum Gasteiger partial charge on any atom is -0.480 e. The number of ether oxygens (including phenoxy) is 2. The van der Waals surface area contributed by atoms with Crippen molar-refractivity contribution in [2.75, 3.05) is 26.5 Å². The number of rotatable bonds is 14. The molecule has 65 heavy (non-hydrogen) atoms. The Hall–Kier alpha value is -6.18. The molecule has 3 aromatic rings. The van der Waals surface area contributed by atoms with E-state index < -0.39 is 116 Å². The third kappa shape index (κ3) is 11.2. The summed E-state index contributed by atoms with van der Waals surface area (Å²) >= 11 is 0. The van der Waals surface area contributed by atoms with E-state index in [1.807, 2.05) is 0 Å². The predicted molar refractivity (Wildman–Crippen MR) is 225 cm³/mol. The number of nitrogens with zero attached hydrogens (tertiary/aromatic N) is 4. The molecule has 0 aliphatic carbocycles. The lowest BCUT2D eigenvalue weighted by molar-refractivity contribution is -0.151. The molecule has 19 nitrogen and oxygen atoms in total. The van der Waals surface area contributed by atoms with E-state index in [0.29, 0.717) is 30.2 Å². The van der Waals surface area contributed by atoms with Gasteiger partial charge in [-0.05, 0) is 56.9 Å². The summed E-state index contributed by atoms with van der Waals surface area (Å²) in [5.74, 6) is -7.08. The second-order valence-corrected chi connectivity index (χ2v) is 18.1. The molecule has 2 bridgehead atoms. The molecule has 22 heteroatoms. The maximum Gasteiger partial charge on any atom is 0.524 e. The summed E-state index contributed by atoms with van der Waals surface area (Å²) in [4.78, 5) is 109. The Morgan fingerprint density at radius 3 is 2.49 bits per heavy atom. The molecule has 3 aliphatic rings. The Balaban J connectivity index is 1.31. The Morgan fingerprint density at radius 2 is 1.80 bits per heavy atom. The summed E-state index contributed by atoms with van der Waals surface area (Å²) in [6.07, 6.45) is 1.53. The molecule has 1 saturated heterocycles. The average molecular weight is 930 g/mol. The summed E-state index contributed by atoms with van der Waals surface area (Å²) in [5.41, 5.74) is -2.08. The monoisotopic (exact) mass is 929 g/mol. The molecule has 350 valence electrons. The van der Waals surface area contributed by atoms with Crippen molar-refractivity contribution in [1.29, 1.82) is 0 Å². The first-order valence-corrected chi connectivity index (χ1v) is 22.2. The zero-order valence-electron chi connectivity index (χ0n) is 36.3. The van der Waals surface area contributed by atoms with E-state index in [0.717, 1.165) is 12.1 Å². The van der Waals surface area contributed by atoms with Crippen molar-refractivity contribution in [3.63, 3.8) is 0 Å². The van der Waals surface area contributed by atoms with Crippen LogP contribution in [0.3, 0.4) is 0 Å². The van der Waals surface area contributed by atoms with Gasteiger partial charge in [0.25, 0.3) is 11.8 Å². The zero-order chi connectivity index (χ0) is 47.5. The number of halogens is 2. The number of phosphoric acid groups is 1. The Labute approximate surface area is 371 Å². The van der Waals surface area contributed by atoms with Gasteiger partial charge >= 0.3 is 19.8 Å². The van der Waals surface area contributed by atoms with Gasteiger partial charge in [0.2, 0.25) is 23.9 Å². The molecular weight excluding hydrogens is 879 g/mol. The highest BCUT2D eigenvalue weighted by Crippen LogP contribution is 2.46. The maximum atomic E-state index is 14.5. The van der Waals surface area contributed by atoms with Crippen molar-refractivity contribution < 1.29 is 71.0 Å². The first-order valence-electron chi connectivity index (χ1n) is 20.7. The highest BCUT2D eigenvalue weighted by atomic mass is 31.2. The molecule has 1 aromatic heterocycles. The van der Waals surface area contributed by atoms with Crippen LogP contribution in [0.25, 0.3) is 0 Å². The number of oxime groups is 1. The largest absolute Gasteiger partial charge is 0.524 e. The predicted octanol–water partition coefficient (Wildman–Crippen LogP) is 4.27. The molecule has 3 amide bonds. The second-order valence-electron chi connectivity index (χ2n) is 17.0. The number of carboxylic acids is 1. The van der Waals surface area contributed by atoms with Crippen LogP contribution in [0.4, 0.5) is 8.78 Å². The number of likely N-dealkylation sites (tertiary alicyclic amines) is 1. The van der Waals surface area contributed by atoms with Gasteiger partial charge in [-0.2, -0.15) is 0 Å². The average Bonchev–Trinajstić information content (AvgIpc) is 3.70. The van der Waals surface area contributed by atoms with Crippen molar-refractivity contribution >= 4 is 43.2 Å². The molecule has 3 aliphatic heterocycles. The standard InChI is InChI=1S/C43H50F2N5O14P/c1-23-13-27(16-34(51)48-11-6-7-32(48)42(56)57)36(33(14-23)64-65(58,59)60)43(4,5)18-35(52)61-22-62-39-37-41(55)49-20-29(15-24(2)47-63-12-10-25(49)3)50(37)21-30(38(39)53)40(54)46-19-26-8-9-28(44)17-31(26)45/h8-9,13-14,17,21,25,29,32H,6-7,10-12,15-16,18-20,22H2,1-5H3,(H,46,54)(H,56,57)(H2,58,59,60)/b47-24-/t25-,29-,32+/m0/s1. The van der Waals surface area contributed by atoms with Crippen LogP contribution in [-0.2, 0) is 46.9 Å². The fraction of sp³-hybridized carbons (Fsp3) is 0.465. The lowest BCUT2D eigenvalue weighted by Crippen LogP contribution is -2.50. The number of hydrogen-bond acceptors (Lipinski definition) is 12. The number of benzene rings is 2. The van der Waals surface area contributed by atoms with Crippen molar-refractivity contribution in [2.24, 2.45) is 5.16 Å². The topological polar surface area (TPSA) is 253 Å². The van der Waals surface area contributed by atoms with Gasteiger partial charge < -0.3 is 43.6 Å². The maximum absolute atomic E-state index is 14.5. The number of fused-ring (bicyclic) bond motifs is 4. The number of nitrogens with one attached hydrogen (secondary N) is 1. The first kappa shape index (κ1) is 48.3. The molecule has 0 spiro atoms. The summed E-state index contributed by atoms with van der Waals surface area (Å²) in [6, 6.07) is 3.58. The molecular formula is C43H50F2N5O14P. The van der Waals surface area contributed by atoms with E-state index in [1.54, 1.807) is 26.8 Å². The number of aliphatic carboxylic acids is 1. The first-order chi connectivity index (χ1) is 30.5. The summed E-state index contributed by atoms with van der Waals surface area (Å²) in [7, 11) is -5.21. The zero-order valence-corrected chi connectivity index (χ0v) is 37.2. The van der Waals surface area contributed by atoms with Crippen LogP contribution in [0.1, 0.15) is 109 Å². The Bertz CT molecular complexity index is 2540. The van der Waals surface area contributed by atoms with Gasteiger partial charge in [0.1, 0.15) is 35.6 Å². The van der Waals surface area contributed by atoms with E-state index in [1.165, 1.54) is 40.5 Å². The van der Waals surface area contributed by atoms with Gasteiger partial charge in [-0.25, -0.2) is 18.1 Å². The van der Waals surface area contributed by atoms with Gasteiger partial charge in [0, 0.05) is 67.3 Å². The number of carbonyl (C=O) groups is 5. The normalized spacial score (nSPS) is 19.6. The molecule has 0 saturated carbocycles. The van der Waals surface area contributed by atoms with E-state index in [-0.39, 0.29) is 60.7 Å². The minimum absolute atomic E-state index is 0.0542. The number of aryl methyl sites for hydroxylation is 1. The summed E-state index contributed by atoms with van der Waals surface area (Å²) < 4.78 is 58.0.